The van der Waals surface area contributed by atoms with Crippen molar-refractivity contribution in [3.05, 3.63) is 86.8 Å². The number of nitrogens with one attached hydrogen (secondary N) is 1. The molecule has 1 N–H and O–H groups in total. The van der Waals surface area contributed by atoms with Crippen molar-refractivity contribution >= 4 is 75.7 Å². The Kier molecular flexibility index (Phi) is 6.53. The van der Waals surface area contributed by atoms with E-state index in [0.717, 1.165) is 0 Å². The van der Waals surface area contributed by atoms with Crippen LogP contribution in [0, 0.1) is 0 Å². The van der Waals surface area contributed by atoms with Gasteiger partial charge in [0.2, 0.25) is 0 Å². The minimum atomic E-state index is -0.616. The number of furan rings is 1. The van der Waals surface area contributed by atoms with Gasteiger partial charge in [0, 0.05) is 11.1 Å². The first-order valence-corrected chi connectivity index (χ1v) is 10.7. The van der Waals surface area contributed by atoms with Crippen LogP contribution in [0.3, 0.4) is 0 Å². The average molecular weight is 508 g/mol. The summed E-state index contributed by atoms with van der Waals surface area (Å²) in [5, 5.41) is 3.80. The molecule has 2 amide bonds. The van der Waals surface area contributed by atoms with Gasteiger partial charge >= 0.3 is 0 Å². The molecule has 162 valence electrons. The Labute approximate surface area is 203 Å². The largest absolute Gasteiger partial charge is 0.486 e. The third-order valence-electron chi connectivity index (χ3n) is 4.43. The van der Waals surface area contributed by atoms with Crippen LogP contribution in [-0.2, 0) is 16.2 Å². The number of carbonyl (C=O) groups excluding carboxylic acids is 2. The molecule has 1 aliphatic heterocycles. The van der Waals surface area contributed by atoms with E-state index in [1.165, 1.54) is 11.0 Å². The van der Waals surface area contributed by atoms with Crippen LogP contribution < -0.4 is 15.0 Å². The molecule has 3 aromatic rings. The van der Waals surface area contributed by atoms with Gasteiger partial charge in [-0.2, -0.15) is 0 Å². The minimum Gasteiger partial charge on any atom is -0.486 e. The predicted octanol–water partition coefficient (Wildman–Crippen LogP) is 5.65. The fraction of sp³-hybridized carbons (Fsp3) is 0.0455. The van der Waals surface area contributed by atoms with Gasteiger partial charge < -0.3 is 9.15 Å². The first kappa shape index (κ1) is 22.4. The van der Waals surface area contributed by atoms with Gasteiger partial charge in [0.25, 0.3) is 11.8 Å². The standard InChI is InChI=1S/C22H13Cl3N2O4S/c23-12-1-3-13(4-2-12)27-21(29)17(20(28)26-22(27)32)9-15-5-6-16(31-15)11-30-14-7-8-18(24)19(25)10-14/h1-10H,11H2,(H,26,28,32). The van der Waals surface area contributed by atoms with E-state index in [9.17, 15) is 9.59 Å². The number of benzene rings is 2. The van der Waals surface area contributed by atoms with Gasteiger partial charge in [-0.15, -0.1) is 0 Å². The first-order chi connectivity index (χ1) is 15.3. The smallest absolute Gasteiger partial charge is 0.270 e. The number of halogens is 3. The lowest BCUT2D eigenvalue weighted by molar-refractivity contribution is -0.122. The topological polar surface area (TPSA) is 71.8 Å². The number of hydrogen-bond acceptors (Lipinski definition) is 5. The molecule has 10 heteroatoms. The molecule has 4 rings (SSSR count). The van der Waals surface area contributed by atoms with Crippen LogP contribution in [0.2, 0.25) is 15.1 Å². The Morgan fingerprint density at radius 2 is 1.75 bits per heavy atom. The van der Waals surface area contributed by atoms with Gasteiger partial charge in [0.15, 0.2) is 5.11 Å². The second kappa shape index (κ2) is 9.34. The van der Waals surface area contributed by atoms with E-state index in [-0.39, 0.29) is 17.3 Å². The molecule has 2 heterocycles. The number of amides is 2. The summed E-state index contributed by atoms with van der Waals surface area (Å²) in [6.45, 7) is 0.113. The molecule has 0 radical (unpaired) electrons. The fourth-order valence-corrected chi connectivity index (χ4v) is 3.59. The summed E-state index contributed by atoms with van der Waals surface area (Å²) >= 11 is 23.0. The Balaban J connectivity index is 1.52. The molecular weight excluding hydrogens is 495 g/mol. The normalized spacial score (nSPS) is 15.3. The summed E-state index contributed by atoms with van der Waals surface area (Å²) in [5.74, 6) is 0.114. The van der Waals surface area contributed by atoms with Crippen LogP contribution in [0.15, 0.2) is 64.6 Å². The molecule has 0 aliphatic carbocycles. The Hall–Kier alpha value is -2.84. The van der Waals surface area contributed by atoms with Crippen molar-refractivity contribution in [1.82, 2.24) is 5.32 Å². The average Bonchev–Trinajstić information content (AvgIpc) is 3.21. The van der Waals surface area contributed by atoms with Gasteiger partial charge in [-0.3, -0.25) is 19.8 Å². The molecule has 0 unspecified atom stereocenters. The summed E-state index contributed by atoms with van der Waals surface area (Å²) in [4.78, 5) is 26.6. The van der Waals surface area contributed by atoms with Gasteiger partial charge in [-0.25, -0.2) is 0 Å². The van der Waals surface area contributed by atoms with Crippen molar-refractivity contribution in [2.45, 2.75) is 6.61 Å². The number of hydrogen-bond donors (Lipinski definition) is 1. The number of anilines is 1. The first-order valence-electron chi connectivity index (χ1n) is 9.15. The monoisotopic (exact) mass is 506 g/mol. The molecular formula is C22H13Cl3N2O4S. The van der Waals surface area contributed by atoms with E-state index >= 15 is 0 Å². The van der Waals surface area contributed by atoms with E-state index in [4.69, 9.17) is 56.2 Å². The minimum absolute atomic E-state index is 0.0189. The quantitative estimate of drug-likeness (QED) is 0.274. The Morgan fingerprint density at radius 3 is 2.47 bits per heavy atom. The van der Waals surface area contributed by atoms with Crippen LogP contribution in [0.1, 0.15) is 11.5 Å². The van der Waals surface area contributed by atoms with Crippen molar-refractivity contribution in [2.75, 3.05) is 4.90 Å². The zero-order valence-electron chi connectivity index (χ0n) is 16.1. The van der Waals surface area contributed by atoms with Gasteiger partial charge in [0.05, 0.1) is 15.7 Å². The summed E-state index contributed by atoms with van der Waals surface area (Å²) in [5.41, 5.74) is 0.352. The van der Waals surface area contributed by atoms with Gasteiger partial charge in [-0.05, 0) is 66.8 Å². The highest BCUT2D eigenvalue weighted by molar-refractivity contribution is 7.80. The van der Waals surface area contributed by atoms with Crippen LogP contribution in [0.25, 0.3) is 6.08 Å². The van der Waals surface area contributed by atoms with Crippen molar-refractivity contribution in [1.29, 1.82) is 0 Å². The fourth-order valence-electron chi connectivity index (χ4n) is 2.90. The summed E-state index contributed by atoms with van der Waals surface area (Å²) < 4.78 is 11.3. The maximum atomic E-state index is 13.0. The SMILES string of the molecule is O=C1NC(=S)N(c2ccc(Cl)cc2)C(=O)C1=Cc1ccc(COc2ccc(Cl)c(Cl)c2)o1. The van der Waals surface area contributed by atoms with E-state index in [0.29, 0.717) is 38.0 Å². The Bertz CT molecular complexity index is 1250. The molecule has 0 atom stereocenters. The lowest BCUT2D eigenvalue weighted by Crippen LogP contribution is -2.54. The van der Waals surface area contributed by atoms with Crippen LogP contribution >= 0.6 is 47.0 Å². The highest BCUT2D eigenvalue weighted by atomic mass is 35.5. The molecule has 6 nitrogen and oxygen atoms in total. The lowest BCUT2D eigenvalue weighted by atomic mass is 10.1. The van der Waals surface area contributed by atoms with Crippen LogP contribution in [0.4, 0.5) is 5.69 Å². The zero-order chi connectivity index (χ0) is 22.8. The molecule has 2 aromatic carbocycles. The highest BCUT2D eigenvalue weighted by Crippen LogP contribution is 2.27. The molecule has 0 saturated carbocycles. The third-order valence-corrected chi connectivity index (χ3v) is 5.70. The summed E-state index contributed by atoms with van der Waals surface area (Å²) in [6.07, 6.45) is 1.35. The lowest BCUT2D eigenvalue weighted by Gasteiger charge is -2.28. The molecule has 0 bridgehead atoms. The molecule has 1 saturated heterocycles. The summed E-state index contributed by atoms with van der Waals surface area (Å²) in [6, 6.07) is 14.7. The summed E-state index contributed by atoms with van der Waals surface area (Å²) in [7, 11) is 0. The number of thiocarbonyl (C=S) groups is 1. The number of carbonyl (C=O) groups is 2. The number of nitrogens with zero attached hydrogens (tertiary/aromatic N) is 1. The molecule has 0 spiro atoms. The number of ether oxygens (including phenoxy) is 1. The van der Waals surface area contributed by atoms with Crippen molar-refractivity contribution in [2.24, 2.45) is 0 Å². The predicted molar refractivity (Wildman–Crippen MR) is 127 cm³/mol. The second-order valence-corrected chi connectivity index (χ2v) is 8.24. The maximum absolute atomic E-state index is 13.0. The van der Waals surface area contributed by atoms with Crippen LogP contribution in [0.5, 0.6) is 5.75 Å². The molecule has 1 aromatic heterocycles. The van der Waals surface area contributed by atoms with Crippen molar-refractivity contribution in [3.8, 4) is 5.75 Å². The second-order valence-electron chi connectivity index (χ2n) is 6.60. The van der Waals surface area contributed by atoms with Crippen molar-refractivity contribution in [3.63, 3.8) is 0 Å². The maximum Gasteiger partial charge on any atom is 0.270 e. The third kappa shape index (κ3) is 4.81. The van der Waals surface area contributed by atoms with Gasteiger partial charge in [-0.1, -0.05) is 34.8 Å². The van der Waals surface area contributed by atoms with E-state index in [1.807, 2.05) is 0 Å². The molecule has 1 aliphatic rings. The van der Waals surface area contributed by atoms with E-state index in [1.54, 1.807) is 54.6 Å². The van der Waals surface area contributed by atoms with E-state index in [2.05, 4.69) is 5.32 Å². The Morgan fingerprint density at radius 1 is 1.00 bits per heavy atom. The highest BCUT2D eigenvalue weighted by Gasteiger charge is 2.34. The van der Waals surface area contributed by atoms with Gasteiger partial charge in [0.1, 0.15) is 29.4 Å². The van der Waals surface area contributed by atoms with E-state index < -0.39 is 11.8 Å². The zero-order valence-corrected chi connectivity index (χ0v) is 19.2. The number of rotatable bonds is 5. The van der Waals surface area contributed by atoms with Crippen molar-refractivity contribution < 1.29 is 18.7 Å². The molecule has 32 heavy (non-hydrogen) atoms. The van der Waals surface area contributed by atoms with Crippen LogP contribution in [-0.4, -0.2) is 16.9 Å². The molecule has 1 fully saturated rings.